The molecule has 0 radical (unpaired) electrons. The summed E-state index contributed by atoms with van der Waals surface area (Å²) < 4.78 is 31.9. The number of rotatable bonds is 48. The maximum absolute atomic E-state index is 12.6. The van der Waals surface area contributed by atoms with Crippen LogP contribution >= 0.6 is 0 Å². The lowest BCUT2D eigenvalue weighted by Gasteiger charge is -2.18. The number of carboxylic acid groups (broad SMARTS) is 1. The first-order chi connectivity index (χ1) is 30.9. The predicted octanol–water partition coefficient (Wildman–Crippen LogP) is 2.93. The van der Waals surface area contributed by atoms with Crippen LogP contribution in [0.5, 0.6) is 0 Å². The summed E-state index contributed by atoms with van der Waals surface area (Å²) in [6, 6.07) is -1.56. The van der Waals surface area contributed by atoms with Gasteiger partial charge in [-0.15, -0.1) is 0 Å². The van der Waals surface area contributed by atoms with Gasteiger partial charge in [-0.3, -0.25) is 34.1 Å². The van der Waals surface area contributed by atoms with Crippen LogP contribution in [0.25, 0.3) is 0 Å². The second-order valence-corrected chi connectivity index (χ2v) is 15.9. The Morgan fingerprint density at radius 1 is 0.453 bits per heavy atom. The number of amides is 4. The first-order valence-corrected chi connectivity index (χ1v) is 23.7. The van der Waals surface area contributed by atoms with Crippen molar-refractivity contribution in [1.29, 1.82) is 0 Å². The highest BCUT2D eigenvalue weighted by Gasteiger charge is 2.20. The largest absolute Gasteiger partial charge is 0.481 e. The number of carbonyl (C=O) groups excluding carboxylic acids is 5. The fourth-order valence-electron chi connectivity index (χ4n) is 6.13. The van der Waals surface area contributed by atoms with Gasteiger partial charge in [-0.2, -0.15) is 0 Å². The number of unbranched alkanes of at least 4 members (excludes halogenated alkanes) is 15. The Hall–Kier alpha value is -3.30. The molecular formula is C45H85N5O14. The number of aliphatic hydroxyl groups excluding tert-OH is 1. The maximum atomic E-state index is 12.6. The van der Waals surface area contributed by atoms with Gasteiger partial charge in [0.15, 0.2) is 5.78 Å². The van der Waals surface area contributed by atoms with E-state index >= 15 is 0 Å². The van der Waals surface area contributed by atoms with Crippen molar-refractivity contribution in [2.75, 3.05) is 98.9 Å². The van der Waals surface area contributed by atoms with Crippen molar-refractivity contribution in [1.82, 2.24) is 26.6 Å². The average molecular weight is 920 g/mol. The number of aliphatic hydroxyl groups is 1. The van der Waals surface area contributed by atoms with Crippen LogP contribution in [0.1, 0.15) is 136 Å². The fraction of sp³-hybridized carbons (Fsp3) is 0.867. The molecule has 0 fully saturated rings. The molecule has 0 saturated carbocycles. The second-order valence-electron chi connectivity index (χ2n) is 15.9. The van der Waals surface area contributed by atoms with Crippen molar-refractivity contribution in [2.24, 2.45) is 0 Å². The highest BCUT2D eigenvalue weighted by molar-refractivity contribution is 5.91. The van der Waals surface area contributed by atoms with Crippen molar-refractivity contribution in [3.05, 3.63) is 0 Å². The molecule has 64 heavy (non-hydrogen) atoms. The number of ether oxygens (including phenoxy) is 6. The molecule has 3 unspecified atom stereocenters. The molecule has 0 aliphatic carbocycles. The van der Waals surface area contributed by atoms with Gasteiger partial charge >= 0.3 is 5.97 Å². The molecule has 4 amide bonds. The molecule has 0 aliphatic heterocycles. The third-order valence-corrected chi connectivity index (χ3v) is 9.74. The zero-order valence-electron chi connectivity index (χ0n) is 39.4. The quantitative estimate of drug-likeness (QED) is 0.0342. The Labute approximate surface area is 382 Å². The third kappa shape index (κ3) is 43.9. The van der Waals surface area contributed by atoms with Crippen LogP contribution in [0, 0.1) is 0 Å². The van der Waals surface area contributed by atoms with Gasteiger partial charge in [0.25, 0.3) is 0 Å². The van der Waals surface area contributed by atoms with Crippen LogP contribution in [0.3, 0.4) is 0 Å². The average Bonchev–Trinajstić information content (AvgIpc) is 3.25. The topological polar surface area (TPSA) is 258 Å². The van der Waals surface area contributed by atoms with Gasteiger partial charge in [-0.25, -0.2) is 0 Å². The van der Waals surface area contributed by atoms with Crippen molar-refractivity contribution in [2.45, 2.75) is 155 Å². The van der Waals surface area contributed by atoms with E-state index in [1.165, 1.54) is 71.1 Å². The van der Waals surface area contributed by atoms with E-state index in [1.54, 1.807) is 13.8 Å². The Balaban J connectivity index is 3.62. The lowest BCUT2D eigenvalue weighted by atomic mass is 10.0. The van der Waals surface area contributed by atoms with Crippen LogP contribution < -0.4 is 26.6 Å². The number of ketones is 1. The summed E-state index contributed by atoms with van der Waals surface area (Å²) in [6.07, 6.45) is 18.0. The Morgan fingerprint density at radius 3 is 1.39 bits per heavy atom. The maximum Gasteiger partial charge on any atom is 0.303 e. The minimum Gasteiger partial charge on any atom is -0.481 e. The molecule has 0 rings (SSSR count). The smallest absolute Gasteiger partial charge is 0.303 e. The summed E-state index contributed by atoms with van der Waals surface area (Å²) in [5, 5.41) is 32.2. The molecule has 0 spiro atoms. The molecule has 3 atom stereocenters. The minimum absolute atomic E-state index is 0.0404. The van der Waals surface area contributed by atoms with Crippen molar-refractivity contribution in [3.63, 3.8) is 0 Å². The van der Waals surface area contributed by atoms with E-state index in [0.717, 1.165) is 38.5 Å². The zero-order chi connectivity index (χ0) is 47.3. The molecule has 0 aliphatic rings. The van der Waals surface area contributed by atoms with Gasteiger partial charge in [0, 0.05) is 32.5 Å². The zero-order valence-corrected chi connectivity index (χ0v) is 39.4. The molecule has 374 valence electrons. The molecular weight excluding hydrogens is 835 g/mol. The standard InChI is InChI=1S/C45H85N5O14/c1-37(51)34-62-31-28-59-25-22-46-41(53)35-63-32-29-60-26-23-47-42(54)36-64-33-30-61-27-24-48-44(57)38(2)50-45(58)39(3)49-40(52)20-18-16-14-12-10-8-6-4-5-7-9-11-13-15-17-19-21-43(55)56/h38-39,42,47,54H,4-36H2,1-3H3,(H,46,53)(H,48,57)(H,49,52)(H,50,58)(H,55,56). The second kappa shape index (κ2) is 44.9. The van der Waals surface area contributed by atoms with Crippen LogP contribution in [0.15, 0.2) is 0 Å². The van der Waals surface area contributed by atoms with E-state index in [1.807, 2.05) is 0 Å². The molecule has 0 bridgehead atoms. The van der Waals surface area contributed by atoms with E-state index in [9.17, 15) is 33.9 Å². The number of nitrogens with one attached hydrogen (secondary N) is 5. The van der Waals surface area contributed by atoms with Gasteiger partial charge in [-0.1, -0.05) is 89.9 Å². The van der Waals surface area contributed by atoms with Crippen molar-refractivity contribution < 1.29 is 67.4 Å². The van der Waals surface area contributed by atoms with E-state index < -0.39 is 30.2 Å². The molecule has 0 saturated heterocycles. The van der Waals surface area contributed by atoms with Gasteiger partial charge < -0.3 is 59.9 Å². The van der Waals surface area contributed by atoms with Crippen molar-refractivity contribution in [3.8, 4) is 0 Å². The highest BCUT2D eigenvalue weighted by atomic mass is 16.5. The van der Waals surface area contributed by atoms with E-state index in [-0.39, 0.29) is 89.3 Å². The molecule has 0 aromatic rings. The number of hydrogen-bond donors (Lipinski definition) is 7. The minimum atomic E-state index is -0.900. The van der Waals surface area contributed by atoms with Crippen LogP contribution in [0.2, 0.25) is 0 Å². The van der Waals surface area contributed by atoms with E-state index in [0.29, 0.717) is 45.9 Å². The molecule has 0 heterocycles. The summed E-state index contributed by atoms with van der Waals surface area (Å²) in [7, 11) is 0. The van der Waals surface area contributed by atoms with Crippen molar-refractivity contribution >= 4 is 35.4 Å². The summed E-state index contributed by atoms with van der Waals surface area (Å²) in [5.74, 6) is -2.01. The highest BCUT2D eigenvalue weighted by Crippen LogP contribution is 2.14. The van der Waals surface area contributed by atoms with E-state index in [4.69, 9.17) is 33.5 Å². The number of aliphatic carboxylic acids is 1. The van der Waals surface area contributed by atoms with Crippen LogP contribution in [-0.4, -0.2) is 163 Å². The van der Waals surface area contributed by atoms with Gasteiger partial charge in [0.2, 0.25) is 23.6 Å². The van der Waals surface area contributed by atoms with E-state index in [2.05, 4.69) is 26.6 Å². The lowest BCUT2D eigenvalue weighted by Crippen LogP contribution is -2.51. The van der Waals surface area contributed by atoms with Gasteiger partial charge in [0.1, 0.15) is 31.5 Å². The molecule has 7 N–H and O–H groups in total. The Bertz CT molecular complexity index is 1200. The monoisotopic (exact) mass is 920 g/mol. The molecule has 19 nitrogen and oxygen atoms in total. The number of Topliss-reactive ketones (excluding diaryl/α,β-unsaturated/α-hetero) is 1. The summed E-state index contributed by atoms with van der Waals surface area (Å²) in [5.41, 5.74) is 0. The first kappa shape index (κ1) is 60.7. The molecule has 0 aromatic carbocycles. The van der Waals surface area contributed by atoms with Crippen LogP contribution in [0.4, 0.5) is 0 Å². The Kier molecular flexibility index (Phi) is 42.6. The number of carbonyl (C=O) groups is 6. The fourth-order valence-corrected chi connectivity index (χ4v) is 6.13. The number of hydrogen-bond acceptors (Lipinski definition) is 14. The molecule has 0 aromatic heterocycles. The summed E-state index contributed by atoms with van der Waals surface area (Å²) >= 11 is 0. The normalized spacial score (nSPS) is 12.6. The van der Waals surface area contributed by atoms with Gasteiger partial charge in [-0.05, 0) is 33.6 Å². The lowest BCUT2D eigenvalue weighted by molar-refractivity contribution is -0.137. The molecule has 19 heteroatoms. The summed E-state index contributed by atoms with van der Waals surface area (Å²) in [4.78, 5) is 70.4. The first-order valence-electron chi connectivity index (χ1n) is 23.7. The third-order valence-electron chi connectivity index (χ3n) is 9.74. The number of carboxylic acids is 1. The summed E-state index contributed by atoms with van der Waals surface area (Å²) in [6.45, 7) is 8.06. The SMILES string of the molecule is CC(=O)COCCOCCNC(=O)COCCOCCNC(O)COCCOCCNC(=O)C(C)NC(=O)C(C)NC(=O)CCCCCCCCCCCCCCCCCCC(=O)O. The van der Waals surface area contributed by atoms with Gasteiger partial charge in [0.05, 0.1) is 66.1 Å². The predicted molar refractivity (Wildman–Crippen MR) is 242 cm³/mol. The van der Waals surface area contributed by atoms with Crippen LogP contribution in [-0.2, 0) is 57.2 Å². The Morgan fingerprint density at radius 2 is 0.875 bits per heavy atom.